The van der Waals surface area contributed by atoms with E-state index >= 15 is 0 Å². The molecule has 2 fully saturated rings. The van der Waals surface area contributed by atoms with E-state index in [1.54, 1.807) is 4.90 Å². The summed E-state index contributed by atoms with van der Waals surface area (Å²) >= 11 is 0. The maximum absolute atomic E-state index is 11.1. The normalized spacial score (nSPS) is 36.4. The first-order valence-electron chi connectivity index (χ1n) is 4.46. The van der Waals surface area contributed by atoms with Crippen molar-refractivity contribution >= 4 is 5.91 Å². The topological polar surface area (TPSA) is 40.5 Å². The average molecular weight is 169 g/mol. The number of nitrogens with zero attached hydrogens (tertiary/aromatic N) is 1. The lowest BCUT2D eigenvalue weighted by Crippen LogP contribution is -2.34. The second-order valence-electron chi connectivity index (χ2n) is 4.49. The fourth-order valence-corrected chi connectivity index (χ4v) is 2.44. The molecule has 1 aliphatic heterocycles. The predicted molar refractivity (Wildman–Crippen MR) is 44.4 cm³/mol. The first-order valence-corrected chi connectivity index (χ1v) is 4.46. The number of hydrogen-bond donors (Lipinski definition) is 1. The fourth-order valence-electron chi connectivity index (χ4n) is 2.44. The standard InChI is InChI=1S/C9H15NO2/c1-9(2)6-3-10(4-7(6)9)8(12)5-11/h6-7,11H,3-5H2,1-2H3. The van der Waals surface area contributed by atoms with Gasteiger partial charge in [0.15, 0.2) is 0 Å². The van der Waals surface area contributed by atoms with E-state index in [-0.39, 0.29) is 12.5 Å². The molecule has 1 amide bonds. The summed E-state index contributed by atoms with van der Waals surface area (Å²) in [5, 5.41) is 8.64. The van der Waals surface area contributed by atoms with Gasteiger partial charge in [0.05, 0.1) is 0 Å². The first kappa shape index (κ1) is 8.05. The second kappa shape index (κ2) is 2.22. The third-order valence-corrected chi connectivity index (χ3v) is 3.61. The van der Waals surface area contributed by atoms with Crippen LogP contribution in [-0.2, 0) is 4.79 Å². The number of aliphatic hydroxyl groups is 1. The molecule has 0 radical (unpaired) electrons. The Bertz CT molecular complexity index is 211. The number of carbonyl (C=O) groups excluding carboxylic acids is 1. The Labute approximate surface area is 72.4 Å². The van der Waals surface area contributed by atoms with Gasteiger partial charge >= 0.3 is 0 Å². The number of rotatable bonds is 1. The SMILES string of the molecule is CC1(C)C2CN(C(=O)CO)CC21. The molecule has 0 aromatic heterocycles. The van der Waals surface area contributed by atoms with E-state index in [0.29, 0.717) is 17.3 Å². The number of amides is 1. The highest BCUT2D eigenvalue weighted by atomic mass is 16.3. The molecule has 3 heteroatoms. The minimum Gasteiger partial charge on any atom is -0.387 e. The zero-order chi connectivity index (χ0) is 8.93. The Morgan fingerprint density at radius 3 is 2.42 bits per heavy atom. The summed E-state index contributed by atoms with van der Waals surface area (Å²) in [5.41, 5.74) is 0.451. The Kier molecular flexibility index (Phi) is 1.49. The molecular weight excluding hydrogens is 154 g/mol. The highest BCUT2D eigenvalue weighted by Gasteiger charge is 2.62. The van der Waals surface area contributed by atoms with Crippen LogP contribution in [0.3, 0.4) is 0 Å². The Morgan fingerprint density at radius 2 is 2.00 bits per heavy atom. The Morgan fingerprint density at radius 1 is 1.50 bits per heavy atom. The van der Waals surface area contributed by atoms with E-state index in [0.717, 1.165) is 13.1 Å². The number of likely N-dealkylation sites (tertiary alicyclic amines) is 1. The second-order valence-corrected chi connectivity index (χ2v) is 4.49. The molecule has 1 aliphatic carbocycles. The van der Waals surface area contributed by atoms with E-state index in [2.05, 4.69) is 13.8 Å². The van der Waals surface area contributed by atoms with Crippen molar-refractivity contribution in [2.45, 2.75) is 13.8 Å². The van der Waals surface area contributed by atoms with E-state index in [1.807, 2.05) is 0 Å². The average Bonchev–Trinajstić information content (AvgIpc) is 2.52. The number of fused-ring (bicyclic) bond motifs is 1. The van der Waals surface area contributed by atoms with Crippen molar-refractivity contribution in [2.24, 2.45) is 17.3 Å². The van der Waals surface area contributed by atoms with Crippen LogP contribution in [0.5, 0.6) is 0 Å². The molecule has 2 unspecified atom stereocenters. The van der Waals surface area contributed by atoms with Gasteiger partial charge < -0.3 is 10.0 Å². The van der Waals surface area contributed by atoms with Crippen LogP contribution in [0.25, 0.3) is 0 Å². The minimum absolute atomic E-state index is 0.113. The predicted octanol–water partition coefficient (Wildman–Crippen LogP) is 0.0931. The van der Waals surface area contributed by atoms with Gasteiger partial charge in [-0.05, 0) is 17.3 Å². The molecule has 1 N–H and O–H groups in total. The molecule has 0 spiro atoms. The molecule has 0 aromatic rings. The maximum atomic E-state index is 11.1. The van der Waals surface area contributed by atoms with Crippen molar-refractivity contribution in [3.63, 3.8) is 0 Å². The molecule has 1 saturated carbocycles. The van der Waals surface area contributed by atoms with Crippen LogP contribution in [0.1, 0.15) is 13.8 Å². The Balaban J connectivity index is 1.94. The number of piperidine rings is 1. The zero-order valence-corrected chi connectivity index (χ0v) is 7.58. The minimum atomic E-state index is -0.333. The van der Waals surface area contributed by atoms with Crippen molar-refractivity contribution < 1.29 is 9.90 Å². The molecule has 3 nitrogen and oxygen atoms in total. The fraction of sp³-hybridized carbons (Fsp3) is 0.889. The van der Waals surface area contributed by atoms with E-state index < -0.39 is 0 Å². The monoisotopic (exact) mass is 169 g/mol. The molecular formula is C9H15NO2. The van der Waals surface area contributed by atoms with Gasteiger partial charge in [0.1, 0.15) is 6.61 Å². The van der Waals surface area contributed by atoms with E-state index in [9.17, 15) is 4.79 Å². The third kappa shape index (κ3) is 0.891. The van der Waals surface area contributed by atoms with Crippen LogP contribution >= 0.6 is 0 Å². The van der Waals surface area contributed by atoms with Gasteiger partial charge in [-0.3, -0.25) is 4.79 Å². The van der Waals surface area contributed by atoms with Gasteiger partial charge in [-0.1, -0.05) is 13.8 Å². The highest BCUT2D eigenvalue weighted by molar-refractivity contribution is 5.77. The zero-order valence-electron chi connectivity index (χ0n) is 7.58. The van der Waals surface area contributed by atoms with Gasteiger partial charge in [-0.25, -0.2) is 0 Å². The highest BCUT2D eigenvalue weighted by Crippen LogP contribution is 2.61. The van der Waals surface area contributed by atoms with Crippen LogP contribution < -0.4 is 0 Å². The van der Waals surface area contributed by atoms with E-state index in [1.165, 1.54) is 0 Å². The summed E-state index contributed by atoms with van der Waals surface area (Å²) in [7, 11) is 0. The number of carbonyl (C=O) groups is 1. The largest absolute Gasteiger partial charge is 0.387 e. The van der Waals surface area contributed by atoms with Crippen molar-refractivity contribution in [1.82, 2.24) is 4.90 Å². The van der Waals surface area contributed by atoms with Crippen molar-refractivity contribution in [3.05, 3.63) is 0 Å². The van der Waals surface area contributed by atoms with Gasteiger partial charge in [0.25, 0.3) is 0 Å². The van der Waals surface area contributed by atoms with Crippen molar-refractivity contribution in [2.75, 3.05) is 19.7 Å². The molecule has 0 bridgehead atoms. The van der Waals surface area contributed by atoms with Gasteiger partial charge in [-0.2, -0.15) is 0 Å². The van der Waals surface area contributed by atoms with Crippen LogP contribution in [-0.4, -0.2) is 35.6 Å². The molecule has 0 aromatic carbocycles. The summed E-state index contributed by atoms with van der Waals surface area (Å²) in [6.45, 7) is 5.89. The molecule has 1 heterocycles. The van der Waals surface area contributed by atoms with Gasteiger partial charge in [0, 0.05) is 13.1 Å². The van der Waals surface area contributed by atoms with E-state index in [4.69, 9.17) is 5.11 Å². The summed E-state index contributed by atoms with van der Waals surface area (Å²) in [5.74, 6) is 1.26. The summed E-state index contributed by atoms with van der Waals surface area (Å²) in [6, 6.07) is 0. The third-order valence-electron chi connectivity index (χ3n) is 3.61. The molecule has 68 valence electrons. The lowest BCUT2D eigenvalue weighted by Gasteiger charge is -2.20. The first-order chi connectivity index (χ1) is 5.57. The summed E-state index contributed by atoms with van der Waals surface area (Å²) < 4.78 is 0. The van der Waals surface area contributed by atoms with Crippen LogP contribution in [0, 0.1) is 17.3 Å². The van der Waals surface area contributed by atoms with Crippen molar-refractivity contribution in [1.29, 1.82) is 0 Å². The molecule has 12 heavy (non-hydrogen) atoms. The summed E-state index contributed by atoms with van der Waals surface area (Å²) in [6.07, 6.45) is 0. The van der Waals surface area contributed by atoms with Gasteiger partial charge in [0.2, 0.25) is 5.91 Å². The molecule has 2 aliphatic rings. The van der Waals surface area contributed by atoms with Crippen molar-refractivity contribution in [3.8, 4) is 0 Å². The number of hydrogen-bond acceptors (Lipinski definition) is 2. The lowest BCUT2D eigenvalue weighted by atomic mass is 10.1. The smallest absolute Gasteiger partial charge is 0.248 e. The van der Waals surface area contributed by atoms with Crippen LogP contribution in [0.15, 0.2) is 0 Å². The summed E-state index contributed by atoms with van der Waals surface area (Å²) in [4.78, 5) is 12.8. The molecule has 2 rings (SSSR count). The lowest BCUT2D eigenvalue weighted by molar-refractivity contribution is -0.133. The van der Waals surface area contributed by atoms with Crippen LogP contribution in [0.2, 0.25) is 0 Å². The maximum Gasteiger partial charge on any atom is 0.248 e. The Hall–Kier alpha value is -0.570. The van der Waals surface area contributed by atoms with Crippen LogP contribution in [0.4, 0.5) is 0 Å². The quantitative estimate of drug-likeness (QED) is 0.604. The number of aliphatic hydroxyl groups excluding tert-OH is 1. The molecule has 1 saturated heterocycles. The van der Waals surface area contributed by atoms with Gasteiger partial charge in [-0.15, -0.1) is 0 Å². The molecule has 2 atom stereocenters.